The summed E-state index contributed by atoms with van der Waals surface area (Å²) >= 11 is 1.55. The highest BCUT2D eigenvalue weighted by molar-refractivity contribution is 7.22. The molecule has 0 spiro atoms. The molecule has 4 aromatic rings. The fourth-order valence-electron chi connectivity index (χ4n) is 3.35. The Kier molecular flexibility index (Phi) is 6.32. The van der Waals surface area contributed by atoms with Crippen LogP contribution < -0.4 is 9.64 Å². The van der Waals surface area contributed by atoms with Crippen molar-refractivity contribution < 1.29 is 9.53 Å². The number of hydrogen-bond donors (Lipinski definition) is 0. The molecule has 6 nitrogen and oxygen atoms in total. The lowest BCUT2D eigenvalue weighted by Gasteiger charge is -2.20. The first-order valence-electron chi connectivity index (χ1n) is 10.4. The number of benzene rings is 2. The molecule has 160 valence electrons. The zero-order chi connectivity index (χ0) is 21.8. The van der Waals surface area contributed by atoms with Gasteiger partial charge in [0.15, 0.2) is 5.13 Å². The van der Waals surface area contributed by atoms with Gasteiger partial charge in [-0.2, -0.15) is 0 Å². The zero-order valence-electron chi connectivity index (χ0n) is 18.0. The summed E-state index contributed by atoms with van der Waals surface area (Å²) in [7, 11) is 0. The van der Waals surface area contributed by atoms with Crippen molar-refractivity contribution in [1.29, 1.82) is 0 Å². The summed E-state index contributed by atoms with van der Waals surface area (Å²) in [6.45, 7) is 7.38. The van der Waals surface area contributed by atoms with Crippen LogP contribution in [0, 0.1) is 6.92 Å². The number of imidazole rings is 1. The number of carbonyl (C=O) groups excluding carboxylic acids is 1. The summed E-state index contributed by atoms with van der Waals surface area (Å²) in [6.07, 6.45) is 6.37. The maximum Gasteiger partial charge on any atom is 0.260 e. The van der Waals surface area contributed by atoms with Crippen molar-refractivity contribution in [3.8, 4) is 5.75 Å². The third-order valence-electron chi connectivity index (χ3n) is 4.84. The van der Waals surface area contributed by atoms with Crippen LogP contribution in [0.4, 0.5) is 5.13 Å². The van der Waals surface area contributed by atoms with Crippen LogP contribution in [0.15, 0.2) is 61.2 Å². The molecular formula is C24H26N4O2S. The van der Waals surface area contributed by atoms with Gasteiger partial charge in [-0.05, 0) is 69.2 Å². The van der Waals surface area contributed by atoms with Crippen molar-refractivity contribution in [3.63, 3.8) is 0 Å². The van der Waals surface area contributed by atoms with Gasteiger partial charge in [-0.15, -0.1) is 0 Å². The topological polar surface area (TPSA) is 60.2 Å². The molecule has 4 rings (SSSR count). The minimum atomic E-state index is -0.0579. The number of carbonyl (C=O) groups is 1. The van der Waals surface area contributed by atoms with Crippen LogP contribution in [0.5, 0.6) is 5.75 Å². The number of aromatic nitrogens is 3. The van der Waals surface area contributed by atoms with Crippen LogP contribution in [0.3, 0.4) is 0 Å². The monoisotopic (exact) mass is 434 g/mol. The van der Waals surface area contributed by atoms with Crippen LogP contribution in [-0.2, 0) is 6.54 Å². The Morgan fingerprint density at radius 1 is 1.19 bits per heavy atom. The number of rotatable bonds is 8. The van der Waals surface area contributed by atoms with E-state index in [4.69, 9.17) is 9.72 Å². The summed E-state index contributed by atoms with van der Waals surface area (Å²) in [5.74, 6) is 0.700. The van der Waals surface area contributed by atoms with Crippen molar-refractivity contribution in [3.05, 3.63) is 72.3 Å². The average molecular weight is 435 g/mol. The number of nitrogens with zero attached hydrogens (tertiary/aromatic N) is 4. The van der Waals surface area contributed by atoms with Gasteiger partial charge in [0.25, 0.3) is 5.91 Å². The Bertz CT molecular complexity index is 1150. The molecule has 0 aliphatic rings. The van der Waals surface area contributed by atoms with E-state index in [1.54, 1.807) is 28.8 Å². The van der Waals surface area contributed by atoms with E-state index in [0.717, 1.165) is 34.1 Å². The molecule has 2 aromatic carbocycles. The SMILES string of the molecule is Cc1ccc2nc(N(CCCn3ccnc3)C(=O)c3ccc(OC(C)C)cc3)sc2c1. The molecule has 0 radical (unpaired) electrons. The first kappa shape index (κ1) is 21.1. The van der Waals surface area contributed by atoms with E-state index >= 15 is 0 Å². The second-order valence-corrected chi connectivity index (χ2v) is 8.78. The Balaban J connectivity index is 1.59. The van der Waals surface area contributed by atoms with Crippen LogP contribution in [0.1, 0.15) is 36.2 Å². The lowest BCUT2D eigenvalue weighted by molar-refractivity contribution is 0.0986. The minimum absolute atomic E-state index is 0.0579. The molecule has 0 N–H and O–H groups in total. The van der Waals surface area contributed by atoms with Crippen molar-refractivity contribution in [1.82, 2.24) is 14.5 Å². The molecule has 0 aliphatic heterocycles. The van der Waals surface area contributed by atoms with Gasteiger partial charge in [0.2, 0.25) is 0 Å². The lowest BCUT2D eigenvalue weighted by atomic mass is 10.2. The van der Waals surface area contributed by atoms with Gasteiger partial charge in [-0.3, -0.25) is 9.69 Å². The third kappa shape index (κ3) is 5.11. The van der Waals surface area contributed by atoms with Gasteiger partial charge in [0.1, 0.15) is 5.75 Å². The smallest absolute Gasteiger partial charge is 0.260 e. The maximum absolute atomic E-state index is 13.4. The summed E-state index contributed by atoms with van der Waals surface area (Å²) in [4.78, 5) is 24.1. The third-order valence-corrected chi connectivity index (χ3v) is 5.88. The van der Waals surface area contributed by atoms with Crippen LogP contribution >= 0.6 is 11.3 Å². The van der Waals surface area contributed by atoms with Crippen molar-refractivity contribution in [2.75, 3.05) is 11.4 Å². The summed E-state index contributed by atoms with van der Waals surface area (Å²) in [5, 5.41) is 0.721. The minimum Gasteiger partial charge on any atom is -0.491 e. The van der Waals surface area contributed by atoms with E-state index in [1.807, 2.05) is 61.0 Å². The van der Waals surface area contributed by atoms with Gasteiger partial charge in [0, 0.05) is 31.0 Å². The Morgan fingerprint density at radius 2 is 2.00 bits per heavy atom. The highest BCUT2D eigenvalue weighted by Gasteiger charge is 2.21. The van der Waals surface area contributed by atoms with E-state index in [2.05, 4.69) is 18.0 Å². The molecule has 2 aromatic heterocycles. The quantitative estimate of drug-likeness (QED) is 0.376. The standard InChI is InChI=1S/C24H26N4O2S/c1-17(2)30-20-8-6-19(7-9-20)23(29)28(13-4-12-27-14-11-25-16-27)24-26-21-10-5-18(3)15-22(21)31-24/h5-11,14-17H,4,12-13H2,1-3H3. The zero-order valence-corrected chi connectivity index (χ0v) is 18.8. The average Bonchev–Trinajstić information content (AvgIpc) is 3.40. The molecule has 0 aliphatic carbocycles. The van der Waals surface area contributed by atoms with Gasteiger partial charge >= 0.3 is 0 Å². The van der Waals surface area contributed by atoms with E-state index < -0.39 is 0 Å². The number of hydrogen-bond acceptors (Lipinski definition) is 5. The first-order chi connectivity index (χ1) is 15.0. The Labute approximate surface area is 186 Å². The van der Waals surface area contributed by atoms with Gasteiger partial charge in [0.05, 0.1) is 22.6 Å². The number of thiazole rings is 1. The van der Waals surface area contributed by atoms with E-state index in [-0.39, 0.29) is 12.0 Å². The second kappa shape index (κ2) is 9.31. The van der Waals surface area contributed by atoms with Gasteiger partial charge in [-0.25, -0.2) is 9.97 Å². The predicted octanol–water partition coefficient (Wildman–Crippen LogP) is 5.33. The van der Waals surface area contributed by atoms with Crippen LogP contribution in [0.25, 0.3) is 10.2 Å². The Hall–Kier alpha value is -3.19. The van der Waals surface area contributed by atoms with E-state index in [1.165, 1.54) is 5.56 Å². The maximum atomic E-state index is 13.4. The normalized spacial score (nSPS) is 11.2. The van der Waals surface area contributed by atoms with E-state index in [0.29, 0.717) is 12.1 Å². The fraction of sp³-hybridized carbons (Fsp3) is 0.292. The molecule has 0 saturated carbocycles. The largest absolute Gasteiger partial charge is 0.491 e. The van der Waals surface area contributed by atoms with E-state index in [9.17, 15) is 4.79 Å². The molecule has 0 fully saturated rings. The molecular weight excluding hydrogens is 408 g/mol. The lowest BCUT2D eigenvalue weighted by Crippen LogP contribution is -2.32. The molecule has 7 heteroatoms. The summed E-state index contributed by atoms with van der Waals surface area (Å²) in [5.41, 5.74) is 2.72. The second-order valence-electron chi connectivity index (χ2n) is 7.77. The molecule has 0 bridgehead atoms. The van der Waals surface area contributed by atoms with Crippen molar-refractivity contribution in [2.45, 2.75) is 39.8 Å². The molecule has 1 amide bonds. The number of aryl methyl sites for hydroxylation is 2. The number of fused-ring (bicyclic) bond motifs is 1. The van der Waals surface area contributed by atoms with Crippen molar-refractivity contribution >= 4 is 32.6 Å². The number of anilines is 1. The predicted molar refractivity (Wildman–Crippen MR) is 125 cm³/mol. The summed E-state index contributed by atoms with van der Waals surface area (Å²) < 4.78 is 8.81. The highest BCUT2D eigenvalue weighted by Crippen LogP contribution is 2.31. The van der Waals surface area contributed by atoms with Crippen molar-refractivity contribution in [2.24, 2.45) is 0 Å². The Morgan fingerprint density at radius 3 is 2.71 bits per heavy atom. The summed E-state index contributed by atoms with van der Waals surface area (Å²) in [6, 6.07) is 13.5. The number of ether oxygens (including phenoxy) is 1. The van der Waals surface area contributed by atoms with Crippen LogP contribution in [0.2, 0.25) is 0 Å². The van der Waals surface area contributed by atoms with Gasteiger partial charge in [-0.1, -0.05) is 17.4 Å². The first-order valence-corrected chi connectivity index (χ1v) is 11.2. The molecule has 0 unspecified atom stereocenters. The molecule has 0 atom stereocenters. The van der Waals surface area contributed by atoms with Crippen LogP contribution in [-0.4, -0.2) is 33.1 Å². The molecule has 2 heterocycles. The van der Waals surface area contributed by atoms with Gasteiger partial charge < -0.3 is 9.30 Å². The highest BCUT2D eigenvalue weighted by atomic mass is 32.1. The number of amides is 1. The fourth-order valence-corrected chi connectivity index (χ4v) is 4.44. The molecule has 0 saturated heterocycles. The molecule has 31 heavy (non-hydrogen) atoms.